The first-order valence-electron chi connectivity index (χ1n) is 9.78. The van der Waals surface area contributed by atoms with Gasteiger partial charge in [-0.3, -0.25) is 0 Å². The zero-order chi connectivity index (χ0) is 20.6. The van der Waals surface area contributed by atoms with Crippen molar-refractivity contribution in [2.24, 2.45) is 4.99 Å². The van der Waals surface area contributed by atoms with Gasteiger partial charge in [-0.25, -0.2) is 15.0 Å². The average molecular weight is 392 g/mol. The van der Waals surface area contributed by atoms with Crippen LogP contribution in [-0.2, 0) is 13.1 Å². The summed E-state index contributed by atoms with van der Waals surface area (Å²) in [5.74, 6) is 2.67. The highest BCUT2D eigenvalue weighted by molar-refractivity contribution is 5.79. The van der Waals surface area contributed by atoms with E-state index in [1.165, 1.54) is 0 Å². The van der Waals surface area contributed by atoms with E-state index in [1.54, 1.807) is 6.20 Å². The van der Waals surface area contributed by atoms with E-state index in [2.05, 4.69) is 50.3 Å². The highest BCUT2D eigenvalue weighted by Crippen LogP contribution is 2.17. The van der Waals surface area contributed by atoms with Gasteiger partial charge in [-0.2, -0.15) is 0 Å². The highest BCUT2D eigenvalue weighted by Gasteiger charge is 2.11. The maximum atomic E-state index is 4.81. The maximum absolute atomic E-state index is 4.81. The molecule has 0 fully saturated rings. The number of nitrogens with zero attached hydrogens (tertiary/aromatic N) is 5. The predicted octanol–water partition coefficient (Wildman–Crippen LogP) is 3.14. The van der Waals surface area contributed by atoms with Crippen molar-refractivity contribution in [2.45, 2.75) is 20.0 Å². The van der Waals surface area contributed by atoms with Crippen LogP contribution in [0.15, 0.2) is 59.9 Å². The molecule has 2 N–H and O–H groups in total. The summed E-state index contributed by atoms with van der Waals surface area (Å²) in [4.78, 5) is 21.3. The van der Waals surface area contributed by atoms with Gasteiger partial charge in [0.05, 0.1) is 25.0 Å². The second-order valence-corrected chi connectivity index (χ2v) is 7.02. The Morgan fingerprint density at radius 3 is 2.59 bits per heavy atom. The number of aromatic nitrogens is 3. The van der Waals surface area contributed by atoms with Crippen LogP contribution in [-0.4, -0.2) is 53.5 Å². The van der Waals surface area contributed by atoms with Gasteiger partial charge in [0.25, 0.3) is 0 Å². The fraction of sp³-hybridized carbons (Fsp3) is 0.318. The summed E-state index contributed by atoms with van der Waals surface area (Å²) in [5.41, 5.74) is 3.23. The first-order chi connectivity index (χ1) is 14.1. The van der Waals surface area contributed by atoms with Crippen LogP contribution in [0, 0.1) is 0 Å². The van der Waals surface area contributed by atoms with Crippen molar-refractivity contribution in [2.75, 3.05) is 32.6 Å². The van der Waals surface area contributed by atoms with E-state index in [0.29, 0.717) is 13.1 Å². The molecule has 152 valence electrons. The molecule has 7 heteroatoms. The minimum absolute atomic E-state index is 0.557. The highest BCUT2D eigenvalue weighted by atomic mass is 15.3. The second-order valence-electron chi connectivity index (χ2n) is 7.02. The van der Waals surface area contributed by atoms with Gasteiger partial charge in [-0.1, -0.05) is 36.4 Å². The molecule has 3 rings (SSSR count). The van der Waals surface area contributed by atoms with Gasteiger partial charge in [0.2, 0.25) is 0 Å². The van der Waals surface area contributed by atoms with E-state index in [-0.39, 0.29) is 0 Å². The standard InChI is InChI=1S/C22H29N7/c1-5-23-22(26-14-18-12-9-13-24-21(18)28(2)3)29(4)16-20-25-15-19(27-20)17-10-7-6-8-11-17/h6-13,15H,5,14,16H2,1-4H3,(H,23,26)(H,25,27). The van der Waals surface area contributed by atoms with Crippen molar-refractivity contribution in [3.05, 3.63) is 66.2 Å². The molecule has 0 aliphatic heterocycles. The Morgan fingerprint density at radius 1 is 1.07 bits per heavy atom. The molecule has 0 saturated carbocycles. The van der Waals surface area contributed by atoms with E-state index < -0.39 is 0 Å². The summed E-state index contributed by atoms with van der Waals surface area (Å²) in [6.07, 6.45) is 3.68. The smallest absolute Gasteiger partial charge is 0.194 e. The van der Waals surface area contributed by atoms with Gasteiger partial charge in [0.15, 0.2) is 5.96 Å². The zero-order valence-corrected chi connectivity index (χ0v) is 17.6. The van der Waals surface area contributed by atoms with Crippen LogP contribution in [0.2, 0.25) is 0 Å². The number of benzene rings is 1. The largest absolute Gasteiger partial charge is 0.362 e. The average Bonchev–Trinajstić information content (AvgIpc) is 3.20. The maximum Gasteiger partial charge on any atom is 0.194 e. The lowest BCUT2D eigenvalue weighted by Crippen LogP contribution is -2.38. The summed E-state index contributed by atoms with van der Waals surface area (Å²) in [6.45, 7) is 4.05. The molecule has 1 aromatic carbocycles. The summed E-state index contributed by atoms with van der Waals surface area (Å²) in [5, 5.41) is 3.36. The molecule has 0 amide bonds. The molecule has 0 spiro atoms. The zero-order valence-electron chi connectivity index (χ0n) is 17.6. The second kappa shape index (κ2) is 9.73. The van der Waals surface area contributed by atoms with Crippen LogP contribution in [0.3, 0.4) is 0 Å². The van der Waals surface area contributed by atoms with Gasteiger partial charge in [-0.15, -0.1) is 0 Å². The minimum Gasteiger partial charge on any atom is -0.362 e. The van der Waals surface area contributed by atoms with E-state index in [1.807, 2.05) is 56.5 Å². The Morgan fingerprint density at radius 2 is 1.86 bits per heavy atom. The van der Waals surface area contributed by atoms with Gasteiger partial charge < -0.3 is 20.1 Å². The number of hydrogen-bond acceptors (Lipinski definition) is 4. The number of nitrogens with one attached hydrogen (secondary N) is 2. The molecule has 0 aliphatic carbocycles. The molecule has 0 atom stereocenters. The third-order valence-corrected chi connectivity index (χ3v) is 4.49. The topological polar surface area (TPSA) is 72.4 Å². The third kappa shape index (κ3) is 5.34. The molecule has 0 aliphatic rings. The van der Waals surface area contributed by atoms with Crippen LogP contribution in [0.1, 0.15) is 18.3 Å². The molecule has 0 unspecified atom stereocenters. The van der Waals surface area contributed by atoms with Crippen LogP contribution in [0.5, 0.6) is 0 Å². The first-order valence-corrected chi connectivity index (χ1v) is 9.78. The summed E-state index contributed by atoms with van der Waals surface area (Å²) in [7, 11) is 6.00. The van der Waals surface area contributed by atoms with Gasteiger partial charge in [0, 0.05) is 39.4 Å². The lowest BCUT2D eigenvalue weighted by molar-refractivity contribution is 0.464. The summed E-state index contributed by atoms with van der Waals surface area (Å²) < 4.78 is 0. The number of guanidine groups is 1. The number of pyridine rings is 1. The first kappa shape index (κ1) is 20.4. The van der Waals surface area contributed by atoms with Crippen molar-refractivity contribution < 1.29 is 0 Å². The number of anilines is 1. The SMILES string of the molecule is CCNC(=NCc1cccnc1N(C)C)N(C)Cc1ncc(-c2ccccc2)[nH]1. The number of imidazole rings is 1. The Kier molecular flexibility index (Phi) is 6.84. The summed E-state index contributed by atoms with van der Waals surface area (Å²) >= 11 is 0. The van der Waals surface area contributed by atoms with Crippen molar-refractivity contribution >= 4 is 11.8 Å². The van der Waals surface area contributed by atoms with Crippen LogP contribution in [0.25, 0.3) is 11.3 Å². The Labute approximate surface area is 172 Å². The molecule has 7 nitrogen and oxygen atoms in total. The number of aliphatic imine (C=N–C) groups is 1. The molecule has 29 heavy (non-hydrogen) atoms. The monoisotopic (exact) mass is 391 g/mol. The normalized spacial score (nSPS) is 11.4. The lowest BCUT2D eigenvalue weighted by Gasteiger charge is -2.21. The number of rotatable bonds is 7. The van der Waals surface area contributed by atoms with Crippen molar-refractivity contribution in [3.8, 4) is 11.3 Å². The van der Waals surface area contributed by atoms with Crippen molar-refractivity contribution in [1.29, 1.82) is 0 Å². The van der Waals surface area contributed by atoms with Crippen molar-refractivity contribution in [1.82, 2.24) is 25.2 Å². The lowest BCUT2D eigenvalue weighted by atomic mass is 10.2. The van der Waals surface area contributed by atoms with E-state index >= 15 is 0 Å². The van der Waals surface area contributed by atoms with Crippen LogP contribution < -0.4 is 10.2 Å². The van der Waals surface area contributed by atoms with Crippen molar-refractivity contribution in [3.63, 3.8) is 0 Å². The fourth-order valence-corrected chi connectivity index (χ4v) is 3.09. The van der Waals surface area contributed by atoms with Crippen LogP contribution >= 0.6 is 0 Å². The molecule has 0 saturated heterocycles. The van der Waals surface area contributed by atoms with E-state index in [0.717, 1.165) is 41.0 Å². The quantitative estimate of drug-likeness (QED) is 0.478. The molecule has 2 aromatic heterocycles. The number of aromatic amines is 1. The Hall–Kier alpha value is -3.35. The predicted molar refractivity (Wildman–Crippen MR) is 119 cm³/mol. The van der Waals surface area contributed by atoms with Gasteiger partial charge in [-0.05, 0) is 18.6 Å². The molecule has 3 aromatic rings. The van der Waals surface area contributed by atoms with Gasteiger partial charge in [0.1, 0.15) is 11.6 Å². The van der Waals surface area contributed by atoms with E-state index in [9.17, 15) is 0 Å². The van der Waals surface area contributed by atoms with E-state index in [4.69, 9.17) is 4.99 Å². The molecular formula is C22H29N7. The molecule has 2 heterocycles. The Bertz CT molecular complexity index is 931. The molecule has 0 bridgehead atoms. The minimum atomic E-state index is 0.557. The number of hydrogen-bond donors (Lipinski definition) is 2. The molecule has 0 radical (unpaired) electrons. The fourth-order valence-electron chi connectivity index (χ4n) is 3.09. The number of H-pyrrole nitrogens is 1. The molecular weight excluding hydrogens is 362 g/mol. The van der Waals surface area contributed by atoms with Gasteiger partial charge >= 0.3 is 0 Å². The van der Waals surface area contributed by atoms with Crippen LogP contribution in [0.4, 0.5) is 5.82 Å². The summed E-state index contributed by atoms with van der Waals surface area (Å²) in [6, 6.07) is 14.2. The third-order valence-electron chi connectivity index (χ3n) is 4.49. The Balaban J connectivity index is 1.72.